The Morgan fingerprint density at radius 1 is 1.05 bits per heavy atom. The predicted molar refractivity (Wildman–Crippen MR) is 82.4 cm³/mol. The molecule has 1 unspecified atom stereocenters. The van der Waals surface area contributed by atoms with Crippen LogP contribution in [0.2, 0.25) is 0 Å². The van der Waals surface area contributed by atoms with E-state index in [1.165, 1.54) is 5.56 Å². The number of rotatable bonds is 6. The number of anilines is 1. The average molecular weight is 271 g/mol. The van der Waals surface area contributed by atoms with Crippen molar-refractivity contribution >= 4 is 5.69 Å². The number of hydrogen-bond acceptors (Lipinski definition) is 3. The molecule has 2 aromatic rings. The van der Waals surface area contributed by atoms with Gasteiger partial charge in [-0.3, -0.25) is 0 Å². The molecule has 3 nitrogen and oxygen atoms in total. The van der Waals surface area contributed by atoms with Crippen LogP contribution in [0.5, 0.6) is 5.75 Å². The van der Waals surface area contributed by atoms with Crippen LogP contribution in [0.1, 0.15) is 17.2 Å². The summed E-state index contributed by atoms with van der Waals surface area (Å²) in [5.74, 6) is 0.871. The smallest absolute Gasteiger partial charge is 0.119 e. The molecule has 106 valence electrons. The van der Waals surface area contributed by atoms with Crippen LogP contribution in [0, 0.1) is 6.92 Å². The maximum absolute atomic E-state index is 5.33. The van der Waals surface area contributed by atoms with Gasteiger partial charge in [0.05, 0.1) is 19.8 Å². The van der Waals surface area contributed by atoms with E-state index >= 15 is 0 Å². The van der Waals surface area contributed by atoms with E-state index in [4.69, 9.17) is 9.47 Å². The zero-order chi connectivity index (χ0) is 14.4. The second kappa shape index (κ2) is 6.96. The lowest BCUT2D eigenvalue weighted by molar-refractivity contribution is 0.186. The highest BCUT2D eigenvalue weighted by Gasteiger charge is 2.12. The Morgan fingerprint density at radius 2 is 1.80 bits per heavy atom. The molecule has 20 heavy (non-hydrogen) atoms. The normalized spacial score (nSPS) is 11.9. The second-order valence-corrected chi connectivity index (χ2v) is 4.74. The summed E-state index contributed by atoms with van der Waals surface area (Å²) in [5.41, 5.74) is 3.46. The Kier molecular flexibility index (Phi) is 5.02. The molecule has 1 atom stereocenters. The standard InChI is InChI=1S/C17H21NO2/c1-13-11-15(20-3)9-10-16(13)18-17(12-19-2)14-7-5-4-6-8-14/h4-11,17-18H,12H2,1-3H3. The van der Waals surface area contributed by atoms with E-state index in [1.54, 1.807) is 14.2 Å². The van der Waals surface area contributed by atoms with E-state index in [9.17, 15) is 0 Å². The van der Waals surface area contributed by atoms with Crippen molar-refractivity contribution in [3.8, 4) is 5.75 Å². The van der Waals surface area contributed by atoms with Gasteiger partial charge in [0, 0.05) is 12.8 Å². The van der Waals surface area contributed by atoms with Gasteiger partial charge in [-0.2, -0.15) is 0 Å². The summed E-state index contributed by atoms with van der Waals surface area (Å²) in [5, 5.41) is 3.54. The highest BCUT2D eigenvalue weighted by atomic mass is 16.5. The Labute approximate surface area is 120 Å². The van der Waals surface area contributed by atoms with Crippen molar-refractivity contribution in [1.29, 1.82) is 0 Å². The van der Waals surface area contributed by atoms with E-state index in [0.29, 0.717) is 6.61 Å². The molecule has 0 aliphatic heterocycles. The number of ether oxygens (including phenoxy) is 2. The van der Waals surface area contributed by atoms with Crippen LogP contribution in [0.3, 0.4) is 0 Å². The fraction of sp³-hybridized carbons (Fsp3) is 0.294. The van der Waals surface area contributed by atoms with E-state index in [-0.39, 0.29) is 6.04 Å². The molecule has 0 aliphatic carbocycles. The number of nitrogens with one attached hydrogen (secondary N) is 1. The van der Waals surface area contributed by atoms with Crippen molar-refractivity contribution in [1.82, 2.24) is 0 Å². The van der Waals surface area contributed by atoms with Crippen molar-refractivity contribution in [2.24, 2.45) is 0 Å². The van der Waals surface area contributed by atoms with E-state index in [0.717, 1.165) is 17.0 Å². The number of methoxy groups -OCH3 is 2. The Hall–Kier alpha value is -2.00. The topological polar surface area (TPSA) is 30.5 Å². The molecule has 2 aromatic carbocycles. The molecule has 0 aliphatic rings. The monoisotopic (exact) mass is 271 g/mol. The van der Waals surface area contributed by atoms with Gasteiger partial charge in [-0.15, -0.1) is 0 Å². The fourth-order valence-electron chi connectivity index (χ4n) is 2.19. The first-order valence-corrected chi connectivity index (χ1v) is 6.69. The number of benzene rings is 2. The quantitative estimate of drug-likeness (QED) is 0.866. The van der Waals surface area contributed by atoms with Crippen molar-refractivity contribution in [2.75, 3.05) is 26.1 Å². The van der Waals surface area contributed by atoms with Gasteiger partial charge < -0.3 is 14.8 Å². The minimum absolute atomic E-state index is 0.133. The van der Waals surface area contributed by atoms with Crippen LogP contribution in [0.4, 0.5) is 5.69 Å². The minimum Gasteiger partial charge on any atom is -0.497 e. The molecule has 0 amide bonds. The maximum atomic E-state index is 5.33. The Bertz CT molecular complexity index is 540. The summed E-state index contributed by atoms with van der Waals surface area (Å²) in [7, 11) is 3.40. The third kappa shape index (κ3) is 3.52. The van der Waals surface area contributed by atoms with Crippen LogP contribution in [0.25, 0.3) is 0 Å². The first kappa shape index (κ1) is 14.4. The lowest BCUT2D eigenvalue weighted by Crippen LogP contribution is -2.16. The molecule has 0 bridgehead atoms. The van der Waals surface area contributed by atoms with Gasteiger partial charge in [-0.25, -0.2) is 0 Å². The molecule has 3 heteroatoms. The van der Waals surface area contributed by atoms with Gasteiger partial charge in [0.2, 0.25) is 0 Å². The summed E-state index contributed by atoms with van der Waals surface area (Å²) in [6.45, 7) is 2.69. The van der Waals surface area contributed by atoms with E-state index in [1.807, 2.05) is 36.4 Å². The molecule has 1 N–H and O–H groups in total. The predicted octanol–water partition coefficient (Wildman–Crippen LogP) is 3.80. The van der Waals surface area contributed by atoms with E-state index < -0.39 is 0 Å². The number of aryl methyl sites for hydroxylation is 1. The molecule has 0 spiro atoms. The van der Waals surface area contributed by atoms with Crippen LogP contribution in [-0.4, -0.2) is 20.8 Å². The van der Waals surface area contributed by atoms with Crippen LogP contribution >= 0.6 is 0 Å². The summed E-state index contributed by atoms with van der Waals surface area (Å²) in [4.78, 5) is 0. The third-order valence-electron chi connectivity index (χ3n) is 3.30. The zero-order valence-corrected chi connectivity index (χ0v) is 12.2. The zero-order valence-electron chi connectivity index (χ0n) is 12.2. The molecule has 0 radical (unpaired) electrons. The van der Waals surface area contributed by atoms with E-state index in [2.05, 4.69) is 24.4 Å². The molecular formula is C17H21NO2. The van der Waals surface area contributed by atoms with Crippen LogP contribution in [0.15, 0.2) is 48.5 Å². The van der Waals surface area contributed by atoms with Crippen molar-refractivity contribution < 1.29 is 9.47 Å². The van der Waals surface area contributed by atoms with Crippen molar-refractivity contribution in [3.05, 3.63) is 59.7 Å². The molecule has 0 saturated carbocycles. The molecule has 0 fully saturated rings. The first-order valence-electron chi connectivity index (χ1n) is 6.69. The van der Waals surface area contributed by atoms with Crippen molar-refractivity contribution in [3.63, 3.8) is 0 Å². The van der Waals surface area contributed by atoms with Gasteiger partial charge in [0.15, 0.2) is 0 Å². The first-order chi connectivity index (χ1) is 9.74. The SMILES string of the molecule is COCC(Nc1ccc(OC)cc1C)c1ccccc1. The maximum Gasteiger partial charge on any atom is 0.119 e. The van der Waals surface area contributed by atoms with Crippen LogP contribution < -0.4 is 10.1 Å². The summed E-state index contributed by atoms with van der Waals surface area (Å²) < 4.78 is 10.6. The summed E-state index contributed by atoms with van der Waals surface area (Å²) >= 11 is 0. The van der Waals surface area contributed by atoms with Crippen LogP contribution in [-0.2, 0) is 4.74 Å². The minimum atomic E-state index is 0.133. The third-order valence-corrected chi connectivity index (χ3v) is 3.30. The molecule has 0 heterocycles. The molecule has 2 rings (SSSR count). The molecular weight excluding hydrogens is 250 g/mol. The molecule has 0 aromatic heterocycles. The van der Waals surface area contributed by atoms with Crippen molar-refractivity contribution in [2.45, 2.75) is 13.0 Å². The van der Waals surface area contributed by atoms with Gasteiger partial charge >= 0.3 is 0 Å². The highest BCUT2D eigenvalue weighted by Crippen LogP contribution is 2.25. The second-order valence-electron chi connectivity index (χ2n) is 4.74. The van der Waals surface area contributed by atoms with Gasteiger partial charge in [0.1, 0.15) is 5.75 Å². The Balaban J connectivity index is 2.20. The van der Waals surface area contributed by atoms with Gasteiger partial charge in [-0.05, 0) is 36.2 Å². The number of hydrogen-bond donors (Lipinski definition) is 1. The lowest BCUT2D eigenvalue weighted by atomic mass is 10.1. The lowest BCUT2D eigenvalue weighted by Gasteiger charge is -2.21. The average Bonchev–Trinajstić information content (AvgIpc) is 2.49. The summed E-state index contributed by atoms with van der Waals surface area (Å²) in [6, 6.07) is 16.5. The fourth-order valence-corrected chi connectivity index (χ4v) is 2.19. The molecule has 0 saturated heterocycles. The largest absolute Gasteiger partial charge is 0.497 e. The van der Waals surface area contributed by atoms with Gasteiger partial charge in [-0.1, -0.05) is 30.3 Å². The summed E-state index contributed by atoms with van der Waals surface area (Å²) in [6.07, 6.45) is 0. The van der Waals surface area contributed by atoms with Gasteiger partial charge in [0.25, 0.3) is 0 Å². The Morgan fingerprint density at radius 3 is 2.40 bits per heavy atom. The highest BCUT2D eigenvalue weighted by molar-refractivity contribution is 5.55.